The second-order valence-electron chi connectivity index (χ2n) is 6.43. The number of nitrogens with zero attached hydrogens (tertiary/aromatic N) is 1. The highest BCUT2D eigenvalue weighted by atomic mass is 32.2. The molecule has 2 rings (SSSR count). The zero-order valence-corrected chi connectivity index (χ0v) is 12.7. The summed E-state index contributed by atoms with van der Waals surface area (Å²) in [6.07, 6.45) is 3.70. The van der Waals surface area contributed by atoms with Crippen LogP contribution in [0.1, 0.15) is 40.0 Å². The standard InChI is InChI=1S/C14H26N2OS/c1-14(2,3)12-6-8-18-13(16-12)15-9-11-5-4-7-17-10-11/h11-12H,4-10H2,1-3H3,(H,15,16). The summed E-state index contributed by atoms with van der Waals surface area (Å²) >= 11 is 1.87. The average molecular weight is 270 g/mol. The lowest BCUT2D eigenvalue weighted by atomic mass is 9.85. The van der Waals surface area contributed by atoms with Gasteiger partial charge in [0.25, 0.3) is 0 Å². The number of hydrogen-bond acceptors (Lipinski definition) is 3. The Labute approximate surface area is 115 Å². The van der Waals surface area contributed by atoms with Crippen molar-refractivity contribution in [3.8, 4) is 0 Å². The van der Waals surface area contributed by atoms with Crippen LogP contribution in [-0.2, 0) is 4.74 Å². The van der Waals surface area contributed by atoms with Gasteiger partial charge in [0, 0.05) is 30.9 Å². The minimum absolute atomic E-state index is 0.315. The Kier molecular flexibility index (Phi) is 4.96. The molecule has 0 amide bonds. The molecule has 1 N–H and O–H groups in total. The Balaban J connectivity index is 1.84. The van der Waals surface area contributed by atoms with Crippen LogP contribution in [0.15, 0.2) is 4.99 Å². The van der Waals surface area contributed by atoms with Crippen LogP contribution in [0, 0.1) is 11.3 Å². The summed E-state index contributed by atoms with van der Waals surface area (Å²) in [7, 11) is 0. The van der Waals surface area contributed by atoms with E-state index in [4.69, 9.17) is 9.73 Å². The largest absolute Gasteiger partial charge is 0.381 e. The third-order valence-electron chi connectivity index (χ3n) is 3.74. The van der Waals surface area contributed by atoms with Crippen LogP contribution in [0.25, 0.3) is 0 Å². The highest BCUT2D eigenvalue weighted by Crippen LogP contribution is 2.27. The van der Waals surface area contributed by atoms with E-state index in [1.807, 2.05) is 11.8 Å². The predicted octanol–water partition coefficient (Wildman–Crippen LogP) is 2.91. The molecule has 2 atom stereocenters. The predicted molar refractivity (Wildman–Crippen MR) is 79.3 cm³/mol. The van der Waals surface area contributed by atoms with Crippen molar-refractivity contribution in [3.05, 3.63) is 0 Å². The van der Waals surface area contributed by atoms with Crippen LogP contribution in [0.5, 0.6) is 0 Å². The third kappa shape index (κ3) is 4.16. The number of rotatable bonds is 2. The summed E-state index contributed by atoms with van der Waals surface area (Å²) in [6, 6.07) is 0.556. The van der Waals surface area contributed by atoms with Gasteiger partial charge in [0.2, 0.25) is 0 Å². The van der Waals surface area contributed by atoms with Crippen molar-refractivity contribution in [3.63, 3.8) is 0 Å². The fraction of sp³-hybridized carbons (Fsp3) is 0.929. The van der Waals surface area contributed by atoms with Crippen molar-refractivity contribution < 1.29 is 4.74 Å². The zero-order chi connectivity index (χ0) is 13.0. The summed E-state index contributed by atoms with van der Waals surface area (Å²) in [6.45, 7) is 9.65. The van der Waals surface area contributed by atoms with Crippen LogP contribution < -0.4 is 5.32 Å². The SMILES string of the molecule is CC(C)(C)C1CCSC(=NCC2CCCOC2)N1. The number of hydrogen-bond donors (Lipinski definition) is 1. The Bertz CT molecular complexity index is 293. The van der Waals surface area contributed by atoms with E-state index in [0.29, 0.717) is 17.4 Å². The highest BCUT2D eigenvalue weighted by Gasteiger charge is 2.28. The van der Waals surface area contributed by atoms with Crippen molar-refractivity contribution in [2.75, 3.05) is 25.5 Å². The van der Waals surface area contributed by atoms with Crippen molar-refractivity contribution in [2.45, 2.75) is 46.1 Å². The van der Waals surface area contributed by atoms with E-state index in [2.05, 4.69) is 26.1 Å². The summed E-state index contributed by atoms with van der Waals surface area (Å²) in [5, 5.41) is 4.75. The topological polar surface area (TPSA) is 33.6 Å². The molecule has 104 valence electrons. The third-order valence-corrected chi connectivity index (χ3v) is 4.70. The Hall–Kier alpha value is -0.220. The Morgan fingerprint density at radius 1 is 1.39 bits per heavy atom. The molecule has 0 radical (unpaired) electrons. The second kappa shape index (κ2) is 6.29. The molecule has 0 aromatic heterocycles. The maximum Gasteiger partial charge on any atom is 0.156 e. The van der Waals surface area contributed by atoms with Crippen LogP contribution in [0.4, 0.5) is 0 Å². The number of aliphatic imine (C=N–C) groups is 1. The minimum atomic E-state index is 0.315. The fourth-order valence-electron chi connectivity index (χ4n) is 2.44. The van der Waals surface area contributed by atoms with Gasteiger partial charge in [0.1, 0.15) is 0 Å². The molecule has 2 heterocycles. The van der Waals surface area contributed by atoms with Gasteiger partial charge in [-0.15, -0.1) is 0 Å². The van der Waals surface area contributed by atoms with Gasteiger partial charge in [-0.2, -0.15) is 0 Å². The molecule has 3 nitrogen and oxygen atoms in total. The number of ether oxygens (including phenoxy) is 1. The average Bonchev–Trinajstić information content (AvgIpc) is 2.37. The summed E-state index contributed by atoms with van der Waals surface area (Å²) in [5.74, 6) is 1.82. The van der Waals surface area contributed by atoms with Crippen molar-refractivity contribution >= 4 is 16.9 Å². The molecule has 0 spiro atoms. The van der Waals surface area contributed by atoms with Crippen molar-refractivity contribution in [1.29, 1.82) is 0 Å². The van der Waals surface area contributed by atoms with E-state index >= 15 is 0 Å². The fourth-order valence-corrected chi connectivity index (χ4v) is 3.38. The first-order valence-electron chi connectivity index (χ1n) is 7.07. The first-order chi connectivity index (χ1) is 8.55. The quantitative estimate of drug-likeness (QED) is 0.837. The van der Waals surface area contributed by atoms with Crippen LogP contribution in [-0.4, -0.2) is 36.7 Å². The van der Waals surface area contributed by atoms with E-state index in [9.17, 15) is 0 Å². The van der Waals surface area contributed by atoms with E-state index < -0.39 is 0 Å². The molecule has 2 aliphatic heterocycles. The molecular formula is C14H26N2OS. The molecule has 0 bridgehead atoms. The minimum Gasteiger partial charge on any atom is -0.381 e. The van der Waals surface area contributed by atoms with E-state index in [-0.39, 0.29) is 0 Å². The smallest absolute Gasteiger partial charge is 0.156 e. The summed E-state index contributed by atoms with van der Waals surface area (Å²) < 4.78 is 5.50. The molecule has 18 heavy (non-hydrogen) atoms. The number of nitrogens with one attached hydrogen (secondary N) is 1. The van der Waals surface area contributed by atoms with Gasteiger partial charge >= 0.3 is 0 Å². The Morgan fingerprint density at radius 2 is 2.22 bits per heavy atom. The molecular weight excluding hydrogens is 244 g/mol. The molecule has 2 fully saturated rings. The van der Waals surface area contributed by atoms with Crippen molar-refractivity contribution in [1.82, 2.24) is 5.32 Å². The maximum atomic E-state index is 5.50. The molecule has 0 saturated carbocycles. The normalized spacial score (nSPS) is 32.3. The molecule has 2 aliphatic rings. The number of amidine groups is 1. The maximum absolute atomic E-state index is 5.50. The van der Waals surface area contributed by atoms with Crippen LogP contribution in [0.2, 0.25) is 0 Å². The monoisotopic (exact) mass is 270 g/mol. The van der Waals surface area contributed by atoms with Gasteiger partial charge in [-0.25, -0.2) is 0 Å². The lowest BCUT2D eigenvalue weighted by Gasteiger charge is -2.35. The highest BCUT2D eigenvalue weighted by molar-refractivity contribution is 8.13. The van der Waals surface area contributed by atoms with Crippen LogP contribution in [0.3, 0.4) is 0 Å². The van der Waals surface area contributed by atoms with Gasteiger partial charge in [-0.05, 0) is 24.7 Å². The molecule has 0 aliphatic carbocycles. The van der Waals surface area contributed by atoms with E-state index in [1.54, 1.807) is 0 Å². The van der Waals surface area contributed by atoms with Gasteiger partial charge < -0.3 is 10.1 Å². The number of thioether (sulfide) groups is 1. The molecule has 4 heteroatoms. The molecule has 2 unspecified atom stereocenters. The van der Waals surface area contributed by atoms with E-state index in [1.165, 1.54) is 25.0 Å². The first kappa shape index (κ1) is 14.2. The van der Waals surface area contributed by atoms with E-state index in [0.717, 1.165) is 24.9 Å². The van der Waals surface area contributed by atoms with Crippen LogP contribution >= 0.6 is 11.8 Å². The van der Waals surface area contributed by atoms with Gasteiger partial charge in [-0.3, -0.25) is 4.99 Å². The van der Waals surface area contributed by atoms with Crippen molar-refractivity contribution in [2.24, 2.45) is 16.3 Å². The van der Waals surface area contributed by atoms with Gasteiger partial charge in [-0.1, -0.05) is 32.5 Å². The van der Waals surface area contributed by atoms with Gasteiger partial charge in [0.15, 0.2) is 5.17 Å². The Morgan fingerprint density at radius 3 is 2.89 bits per heavy atom. The lowest BCUT2D eigenvalue weighted by Crippen LogP contribution is -2.46. The van der Waals surface area contributed by atoms with Gasteiger partial charge in [0.05, 0.1) is 6.61 Å². The summed E-state index contributed by atoms with van der Waals surface area (Å²) in [5.41, 5.74) is 0.315. The second-order valence-corrected chi connectivity index (χ2v) is 7.51. The summed E-state index contributed by atoms with van der Waals surface area (Å²) in [4.78, 5) is 4.76. The molecule has 0 aromatic rings. The first-order valence-corrected chi connectivity index (χ1v) is 8.06. The lowest BCUT2D eigenvalue weighted by molar-refractivity contribution is 0.0582. The molecule has 2 saturated heterocycles. The molecule has 0 aromatic carbocycles. The zero-order valence-electron chi connectivity index (χ0n) is 11.9.